The average Bonchev–Trinajstić information content (AvgIpc) is 2.51. The lowest BCUT2D eigenvalue weighted by Gasteiger charge is -2.08. The van der Waals surface area contributed by atoms with E-state index < -0.39 is 5.82 Å². The average molecular weight is 305 g/mol. The molecule has 0 fully saturated rings. The van der Waals surface area contributed by atoms with Crippen LogP contribution >= 0.6 is 0 Å². The number of halogens is 2. The number of carbonyl (C=O) groups excluding carboxylic acids is 1. The summed E-state index contributed by atoms with van der Waals surface area (Å²) in [5, 5.41) is 2.74. The second-order valence-corrected chi connectivity index (χ2v) is 4.76. The molecule has 0 atom stereocenters. The van der Waals surface area contributed by atoms with Crippen molar-refractivity contribution < 1.29 is 18.3 Å². The molecular formula is C17H17F2NO2. The Morgan fingerprint density at radius 1 is 1.05 bits per heavy atom. The third-order valence-corrected chi connectivity index (χ3v) is 3.07. The molecule has 0 radical (unpaired) electrons. The zero-order valence-electron chi connectivity index (χ0n) is 12.0. The van der Waals surface area contributed by atoms with E-state index in [1.54, 1.807) is 24.3 Å². The summed E-state index contributed by atoms with van der Waals surface area (Å²) in [6, 6.07) is 12.2. The number of para-hydroxylation sites is 1. The van der Waals surface area contributed by atoms with Gasteiger partial charge in [0.25, 0.3) is 0 Å². The SMILES string of the molecule is O=C(CCOc1ccccc1F)NCCc1ccc(F)cc1. The van der Waals surface area contributed by atoms with Crippen LogP contribution in [0, 0.1) is 11.6 Å². The lowest BCUT2D eigenvalue weighted by atomic mass is 10.1. The Hall–Kier alpha value is -2.43. The molecule has 116 valence electrons. The third-order valence-electron chi connectivity index (χ3n) is 3.07. The number of ether oxygens (including phenoxy) is 1. The minimum atomic E-state index is -0.445. The van der Waals surface area contributed by atoms with Crippen LogP contribution in [-0.4, -0.2) is 19.1 Å². The molecule has 1 amide bonds. The van der Waals surface area contributed by atoms with Crippen LogP contribution in [0.25, 0.3) is 0 Å². The summed E-state index contributed by atoms with van der Waals surface area (Å²) in [4.78, 5) is 11.6. The predicted molar refractivity (Wildman–Crippen MR) is 79.6 cm³/mol. The molecule has 5 heteroatoms. The molecule has 0 spiro atoms. The number of amides is 1. The van der Waals surface area contributed by atoms with Crippen molar-refractivity contribution in [3.05, 3.63) is 65.7 Å². The molecule has 0 bridgehead atoms. The van der Waals surface area contributed by atoms with E-state index in [9.17, 15) is 13.6 Å². The molecule has 2 rings (SSSR count). The van der Waals surface area contributed by atoms with E-state index >= 15 is 0 Å². The van der Waals surface area contributed by atoms with Crippen LogP contribution in [-0.2, 0) is 11.2 Å². The van der Waals surface area contributed by atoms with Crippen molar-refractivity contribution in [3.63, 3.8) is 0 Å². The van der Waals surface area contributed by atoms with E-state index in [0.717, 1.165) is 5.56 Å². The fourth-order valence-corrected chi connectivity index (χ4v) is 1.90. The molecule has 0 aromatic heterocycles. The molecule has 22 heavy (non-hydrogen) atoms. The zero-order valence-corrected chi connectivity index (χ0v) is 12.0. The minimum absolute atomic E-state index is 0.114. The molecule has 0 unspecified atom stereocenters. The Morgan fingerprint density at radius 3 is 2.50 bits per heavy atom. The van der Waals surface area contributed by atoms with Crippen molar-refractivity contribution in [1.82, 2.24) is 5.32 Å². The second kappa shape index (κ2) is 8.12. The lowest BCUT2D eigenvalue weighted by molar-refractivity contribution is -0.121. The van der Waals surface area contributed by atoms with Crippen LogP contribution < -0.4 is 10.1 Å². The van der Waals surface area contributed by atoms with E-state index in [2.05, 4.69) is 5.32 Å². The van der Waals surface area contributed by atoms with Crippen LogP contribution in [0.1, 0.15) is 12.0 Å². The summed E-state index contributed by atoms with van der Waals surface area (Å²) >= 11 is 0. The largest absolute Gasteiger partial charge is 0.490 e. The topological polar surface area (TPSA) is 38.3 Å². The third kappa shape index (κ3) is 5.16. The molecule has 0 aliphatic rings. The predicted octanol–water partition coefficient (Wildman–Crippen LogP) is 3.09. The lowest BCUT2D eigenvalue weighted by Crippen LogP contribution is -2.27. The van der Waals surface area contributed by atoms with Crippen LogP contribution in [0.5, 0.6) is 5.75 Å². The highest BCUT2D eigenvalue weighted by Gasteiger charge is 2.04. The highest BCUT2D eigenvalue weighted by Crippen LogP contribution is 2.15. The van der Waals surface area contributed by atoms with E-state index in [0.29, 0.717) is 13.0 Å². The fourth-order valence-electron chi connectivity index (χ4n) is 1.90. The van der Waals surface area contributed by atoms with Gasteiger partial charge >= 0.3 is 0 Å². The van der Waals surface area contributed by atoms with Gasteiger partial charge < -0.3 is 10.1 Å². The Labute approximate surface area is 127 Å². The number of rotatable bonds is 7. The maximum absolute atomic E-state index is 13.3. The smallest absolute Gasteiger partial charge is 0.223 e. The van der Waals surface area contributed by atoms with Crippen LogP contribution in [0.2, 0.25) is 0 Å². The van der Waals surface area contributed by atoms with E-state index in [1.165, 1.54) is 24.3 Å². The van der Waals surface area contributed by atoms with Gasteiger partial charge in [-0.05, 0) is 36.2 Å². The van der Waals surface area contributed by atoms with E-state index in [1.807, 2.05) is 0 Å². The zero-order chi connectivity index (χ0) is 15.8. The van der Waals surface area contributed by atoms with E-state index in [-0.39, 0.29) is 30.5 Å². The van der Waals surface area contributed by atoms with Gasteiger partial charge in [0, 0.05) is 6.54 Å². The van der Waals surface area contributed by atoms with Gasteiger partial charge in [-0.25, -0.2) is 8.78 Å². The molecule has 0 saturated heterocycles. The molecule has 2 aromatic rings. The Balaban J connectivity index is 1.64. The normalized spacial score (nSPS) is 10.3. The van der Waals surface area contributed by atoms with Crippen molar-refractivity contribution in [2.24, 2.45) is 0 Å². The van der Waals surface area contributed by atoms with Crippen LogP contribution in [0.4, 0.5) is 8.78 Å². The summed E-state index contributed by atoms with van der Waals surface area (Å²) < 4.78 is 31.2. The summed E-state index contributed by atoms with van der Waals surface area (Å²) in [5.41, 5.74) is 0.948. The van der Waals surface area contributed by atoms with Gasteiger partial charge in [0.2, 0.25) is 5.91 Å². The first-order chi connectivity index (χ1) is 10.6. The maximum atomic E-state index is 13.3. The molecule has 2 aromatic carbocycles. The van der Waals surface area contributed by atoms with Crippen molar-refractivity contribution in [2.75, 3.05) is 13.2 Å². The Morgan fingerprint density at radius 2 is 1.77 bits per heavy atom. The first kappa shape index (κ1) is 15.9. The van der Waals surface area contributed by atoms with Crippen molar-refractivity contribution >= 4 is 5.91 Å². The summed E-state index contributed by atoms with van der Waals surface area (Å²) in [5.74, 6) is -0.752. The maximum Gasteiger partial charge on any atom is 0.223 e. The monoisotopic (exact) mass is 305 g/mol. The first-order valence-electron chi connectivity index (χ1n) is 7.03. The van der Waals surface area contributed by atoms with Gasteiger partial charge in [-0.15, -0.1) is 0 Å². The fraction of sp³-hybridized carbons (Fsp3) is 0.235. The highest BCUT2D eigenvalue weighted by molar-refractivity contribution is 5.75. The summed E-state index contributed by atoms with van der Waals surface area (Å²) in [7, 11) is 0. The Kier molecular flexibility index (Phi) is 5.89. The van der Waals surface area contributed by atoms with Crippen molar-refractivity contribution in [1.29, 1.82) is 0 Å². The Bertz CT molecular complexity index is 614. The molecule has 0 aliphatic heterocycles. The van der Waals surface area contributed by atoms with Gasteiger partial charge in [0.15, 0.2) is 11.6 Å². The molecule has 0 aliphatic carbocycles. The molecule has 1 N–H and O–H groups in total. The summed E-state index contributed by atoms with van der Waals surface area (Å²) in [6.07, 6.45) is 0.776. The summed E-state index contributed by atoms with van der Waals surface area (Å²) in [6.45, 7) is 0.577. The second-order valence-electron chi connectivity index (χ2n) is 4.76. The number of hydrogen-bond donors (Lipinski definition) is 1. The van der Waals surface area contributed by atoms with Crippen molar-refractivity contribution in [3.8, 4) is 5.75 Å². The molecule has 0 saturated carbocycles. The van der Waals surface area contributed by atoms with Gasteiger partial charge in [-0.3, -0.25) is 4.79 Å². The van der Waals surface area contributed by atoms with Gasteiger partial charge in [0.05, 0.1) is 13.0 Å². The van der Waals surface area contributed by atoms with Gasteiger partial charge in [0.1, 0.15) is 5.82 Å². The standard InChI is InChI=1S/C17H17F2NO2/c18-14-7-5-13(6-8-14)9-11-20-17(21)10-12-22-16-4-2-1-3-15(16)19/h1-8H,9-12H2,(H,20,21). The molecule has 3 nitrogen and oxygen atoms in total. The number of benzene rings is 2. The number of hydrogen-bond acceptors (Lipinski definition) is 2. The minimum Gasteiger partial charge on any atom is -0.490 e. The first-order valence-corrected chi connectivity index (χ1v) is 7.03. The highest BCUT2D eigenvalue weighted by atomic mass is 19.1. The van der Waals surface area contributed by atoms with Gasteiger partial charge in [-0.1, -0.05) is 24.3 Å². The molecular weight excluding hydrogens is 288 g/mol. The van der Waals surface area contributed by atoms with Crippen LogP contribution in [0.3, 0.4) is 0 Å². The molecule has 0 heterocycles. The number of nitrogens with one attached hydrogen (secondary N) is 1. The van der Waals surface area contributed by atoms with Gasteiger partial charge in [-0.2, -0.15) is 0 Å². The quantitative estimate of drug-likeness (QED) is 0.853. The number of carbonyl (C=O) groups is 1. The van der Waals surface area contributed by atoms with Crippen molar-refractivity contribution in [2.45, 2.75) is 12.8 Å². The van der Waals surface area contributed by atoms with Crippen LogP contribution in [0.15, 0.2) is 48.5 Å². The van der Waals surface area contributed by atoms with E-state index in [4.69, 9.17) is 4.74 Å².